The molecule has 10 heteroatoms. The number of rotatable bonds is 8. The first-order valence-corrected chi connectivity index (χ1v) is 70.4. The molecule has 4 radical (unpaired) electrons. The van der Waals surface area contributed by atoms with Gasteiger partial charge in [0.25, 0.3) is 0 Å². The van der Waals surface area contributed by atoms with Crippen molar-refractivity contribution in [2.45, 2.75) is 159 Å². The van der Waals surface area contributed by atoms with Gasteiger partial charge in [0.05, 0.1) is 0 Å². The summed E-state index contributed by atoms with van der Waals surface area (Å²) in [5.41, 5.74) is 9.12. The predicted octanol–water partition coefficient (Wildman–Crippen LogP) is 10.3. The Morgan fingerprint density at radius 2 is 0.478 bits per heavy atom. The second-order valence-corrected chi connectivity index (χ2v) is 116. The van der Waals surface area contributed by atoms with Crippen molar-refractivity contribution in [1.29, 1.82) is 0 Å². The van der Waals surface area contributed by atoms with Crippen molar-refractivity contribution >= 4 is 103 Å². The summed E-state index contributed by atoms with van der Waals surface area (Å²) in [4.78, 5) is 0. The van der Waals surface area contributed by atoms with Crippen LogP contribution in [0.3, 0.4) is 0 Å². The summed E-state index contributed by atoms with van der Waals surface area (Å²) in [6.07, 6.45) is 0. The van der Waals surface area contributed by atoms with Gasteiger partial charge in [-0.3, -0.25) is 0 Å². The van der Waals surface area contributed by atoms with Crippen molar-refractivity contribution in [1.82, 2.24) is 0 Å². The minimum atomic E-state index is -0.832. The molecule has 0 aliphatic heterocycles. The van der Waals surface area contributed by atoms with Crippen molar-refractivity contribution in [2.75, 3.05) is 0 Å². The zero-order chi connectivity index (χ0) is 37.0. The van der Waals surface area contributed by atoms with Gasteiger partial charge < -0.3 is 0 Å². The number of hydrogen-bond acceptors (Lipinski definition) is 0. The first kappa shape index (κ1) is 48.0. The fraction of sp³-hybridized carbons (Fsp3) is 0.667. The van der Waals surface area contributed by atoms with Gasteiger partial charge in [-0.15, -0.1) is 0 Å². The van der Waals surface area contributed by atoms with Crippen molar-refractivity contribution in [3.05, 3.63) is 57.6 Å². The van der Waals surface area contributed by atoms with E-state index in [4.69, 9.17) is 0 Å². The number of hydrogen-bond donors (Lipinski definition) is 0. The Bertz CT molecular complexity index is 1100. The molecule has 0 saturated heterocycles. The first-order chi connectivity index (χ1) is 20.1. The minimum absolute atomic E-state index is 0.0255. The number of benzene rings is 2. The average Bonchev–Trinajstić information content (AvgIpc) is 2.68. The van der Waals surface area contributed by atoms with Crippen LogP contribution >= 0.6 is 0 Å². The van der Waals surface area contributed by atoms with E-state index >= 15 is 0 Å². The van der Waals surface area contributed by atoms with E-state index in [1.165, 1.54) is 11.1 Å². The van der Waals surface area contributed by atoms with Gasteiger partial charge in [0, 0.05) is 60.2 Å². The van der Waals surface area contributed by atoms with Gasteiger partial charge in [-0.05, 0) is 0 Å². The van der Waals surface area contributed by atoms with Crippen molar-refractivity contribution < 1.29 is 0 Å². The molecule has 0 N–H and O–H groups in total. The van der Waals surface area contributed by atoms with Gasteiger partial charge in [0.1, 0.15) is 0 Å². The fourth-order valence-electron chi connectivity index (χ4n) is 9.63. The molecule has 0 atom stereocenters. The van der Waals surface area contributed by atoms with Gasteiger partial charge in [-0.1, -0.05) is 118 Å². The Labute approximate surface area is 316 Å². The molecule has 0 unspecified atom stereocenters. The van der Waals surface area contributed by atoms with Crippen LogP contribution in [0, 0.1) is 41.5 Å². The van der Waals surface area contributed by atoms with Crippen LogP contribution < -0.4 is 6.25 Å². The van der Waals surface area contributed by atoms with E-state index in [1.54, 1.807) is 28.5 Å². The molecule has 0 bridgehead atoms. The van der Waals surface area contributed by atoms with Crippen LogP contribution in [-0.4, -0.2) is 96.9 Å². The first-order valence-electron chi connectivity index (χ1n) is 17.6. The fourth-order valence-corrected chi connectivity index (χ4v) is 226. The van der Waals surface area contributed by atoms with Crippen molar-refractivity contribution in [3.63, 3.8) is 0 Å². The standard InChI is InChI=1S/2C9H27Si4.2C9H11.2Pb/c2*1-11(2,3)10(12(4,5)6)13(7,8)9;2*1-7-4-8(2)6-9(3)5-7;;/h2*1-9H3;2*4-5H,1-3H3;;. The average molecular weight is 1150 g/mol. The van der Waals surface area contributed by atoms with Crippen molar-refractivity contribution in [2.24, 2.45) is 0 Å². The molecule has 0 aromatic heterocycles. The molecule has 0 amide bonds. The summed E-state index contributed by atoms with van der Waals surface area (Å²) in [5, 5.41) is 0. The third kappa shape index (κ3) is 16.6. The second kappa shape index (κ2) is 18.2. The molecule has 2 aromatic carbocycles. The topological polar surface area (TPSA) is 0 Å². The summed E-state index contributed by atoms with van der Waals surface area (Å²) in [5.74, 6) is 0. The van der Waals surface area contributed by atoms with Gasteiger partial charge >= 0.3 is 142 Å². The molecule has 0 saturated carbocycles. The Balaban J connectivity index is 0.000000691. The molecule has 0 nitrogen and oxygen atoms in total. The molecule has 0 aliphatic carbocycles. The molecular weight excluding hydrogens is 1070 g/mol. The maximum absolute atomic E-state index is 2.61. The van der Waals surface area contributed by atoms with Crippen LogP contribution in [0.25, 0.3) is 0 Å². The number of aryl methyl sites for hydroxylation is 6. The van der Waals surface area contributed by atoms with Crippen LogP contribution in [0.5, 0.6) is 0 Å². The third-order valence-electron chi connectivity index (χ3n) is 8.17. The Morgan fingerprint density at radius 1 is 0.326 bits per heavy atom. The molecule has 260 valence electrons. The van der Waals surface area contributed by atoms with E-state index in [9.17, 15) is 0 Å². The Morgan fingerprint density at radius 3 is 0.587 bits per heavy atom. The summed E-state index contributed by atoms with van der Waals surface area (Å²) >= 11 is -1.19. The van der Waals surface area contributed by atoms with Crippen molar-refractivity contribution in [3.8, 4) is 0 Å². The van der Waals surface area contributed by atoms with Crippen LogP contribution in [0.1, 0.15) is 33.4 Å². The molecule has 0 spiro atoms. The van der Waals surface area contributed by atoms with E-state index in [-0.39, 0.29) is 14.7 Å². The summed E-state index contributed by atoms with van der Waals surface area (Å²) in [6, 6.07) is 9.53. The summed E-state index contributed by atoms with van der Waals surface area (Å²) in [7, 11) is -4.94. The molecule has 0 heterocycles. The van der Waals surface area contributed by atoms with Gasteiger partial charge in [0.15, 0.2) is 0 Å². The Kier molecular flexibility index (Phi) is 19.0. The van der Waals surface area contributed by atoms with Gasteiger partial charge in [0.2, 0.25) is 0 Å². The summed E-state index contributed by atoms with van der Waals surface area (Å²) in [6.45, 7) is 60.7. The third-order valence-corrected chi connectivity index (χ3v) is 155. The van der Waals surface area contributed by atoms with E-state index in [0.29, 0.717) is 0 Å². The van der Waals surface area contributed by atoms with Crippen LogP contribution in [0.4, 0.5) is 0 Å². The normalized spacial score (nSPS) is 13.5. The van der Waals surface area contributed by atoms with Crippen LogP contribution in [0.15, 0.2) is 24.3 Å². The SMILES string of the molecule is C[Si](C)(C)[Si]([Si](C)(C)C)[Si](C)(C)C.C[Si](C)(C)[Si]([Si](C)(C)C)[Si](C)(C)C.Cc1cc(C)[c]([Pb]=[Pb][c]2c(C)cc(C)cc2C)c(C)c1. The van der Waals surface area contributed by atoms with E-state index in [1.807, 2.05) is 0 Å². The molecular formula is C36H76Pb2Si8. The van der Waals surface area contributed by atoms with Crippen LogP contribution in [0.2, 0.25) is 118 Å². The van der Waals surface area contributed by atoms with E-state index in [0.717, 1.165) is 0 Å². The Hall–Kier alpha value is 2.02. The summed E-state index contributed by atoms with van der Waals surface area (Å²) < 4.78 is 3.61. The molecule has 0 fully saturated rings. The van der Waals surface area contributed by atoms with E-state index < -0.39 is 82.2 Å². The molecule has 0 aliphatic rings. The monoisotopic (exact) mass is 1150 g/mol. The second-order valence-electron chi connectivity index (χ2n) is 20.0. The van der Waals surface area contributed by atoms with E-state index in [2.05, 4.69) is 184 Å². The van der Waals surface area contributed by atoms with Gasteiger partial charge in [-0.25, -0.2) is 0 Å². The molecule has 2 aromatic rings. The zero-order valence-electron chi connectivity index (χ0n) is 35.3. The zero-order valence-corrected chi connectivity index (χ0v) is 51.1. The predicted molar refractivity (Wildman–Crippen MR) is 244 cm³/mol. The molecule has 46 heavy (non-hydrogen) atoms. The van der Waals surface area contributed by atoms with Gasteiger partial charge in [-0.2, -0.15) is 0 Å². The maximum atomic E-state index is 2.61. The molecule has 2 rings (SSSR count). The quantitative estimate of drug-likeness (QED) is 0.231. The van der Waals surface area contributed by atoms with Crippen LogP contribution in [-0.2, 0) is 0 Å².